The number of rotatable bonds is 7. The van der Waals surface area contributed by atoms with Crippen molar-refractivity contribution in [3.05, 3.63) is 62.1 Å². The van der Waals surface area contributed by atoms with Crippen LogP contribution < -0.4 is 17.0 Å². The summed E-state index contributed by atoms with van der Waals surface area (Å²) in [4.78, 5) is 42.2. The third-order valence-electron chi connectivity index (χ3n) is 4.29. The number of hydrogen-bond donors (Lipinski definition) is 1. The molecular formula is C20H22N4O3S2. The molecule has 1 aromatic carbocycles. The second-order valence-electron chi connectivity index (χ2n) is 6.99. The molecule has 0 spiro atoms. The van der Waals surface area contributed by atoms with Gasteiger partial charge in [-0.05, 0) is 5.92 Å². The summed E-state index contributed by atoms with van der Waals surface area (Å²) in [5.74, 6) is -0.332. The van der Waals surface area contributed by atoms with E-state index in [1.165, 1.54) is 34.7 Å². The van der Waals surface area contributed by atoms with Crippen LogP contribution in [0, 0.1) is 5.92 Å². The number of ketones is 1. The first-order valence-electron chi connectivity index (χ1n) is 9.05. The minimum absolute atomic E-state index is 0.0149. The van der Waals surface area contributed by atoms with Crippen molar-refractivity contribution in [3.63, 3.8) is 0 Å². The lowest BCUT2D eigenvalue weighted by Gasteiger charge is -2.15. The lowest BCUT2D eigenvalue weighted by atomic mass is 10.2. The summed E-state index contributed by atoms with van der Waals surface area (Å²) in [5, 5.41) is 1.93. The van der Waals surface area contributed by atoms with Crippen molar-refractivity contribution in [2.24, 2.45) is 13.0 Å². The molecule has 0 fully saturated rings. The Morgan fingerprint density at radius 1 is 1.24 bits per heavy atom. The van der Waals surface area contributed by atoms with Gasteiger partial charge in [0.1, 0.15) is 11.4 Å². The lowest BCUT2D eigenvalue weighted by Crippen LogP contribution is -2.43. The second kappa shape index (κ2) is 8.79. The summed E-state index contributed by atoms with van der Waals surface area (Å²) in [6, 6.07) is 9.76. The topological polar surface area (TPSA) is 100.0 Å². The molecule has 7 nitrogen and oxygen atoms in total. The van der Waals surface area contributed by atoms with E-state index in [1.54, 1.807) is 0 Å². The molecule has 0 radical (unpaired) electrons. The molecule has 0 bridgehead atoms. The number of anilines is 1. The molecule has 9 heteroatoms. The SMILES string of the molecule is CC(C)Cn1c(N)c(C(=O)CSc2nc(-c3ccccc3)cs2)c(=O)n(C)c1=O. The van der Waals surface area contributed by atoms with Gasteiger partial charge in [0, 0.05) is 24.5 Å². The van der Waals surface area contributed by atoms with Crippen LogP contribution in [0.1, 0.15) is 24.2 Å². The van der Waals surface area contributed by atoms with Gasteiger partial charge in [-0.15, -0.1) is 11.3 Å². The zero-order valence-electron chi connectivity index (χ0n) is 16.4. The van der Waals surface area contributed by atoms with Gasteiger partial charge in [0.25, 0.3) is 5.56 Å². The summed E-state index contributed by atoms with van der Waals surface area (Å²) >= 11 is 2.69. The monoisotopic (exact) mass is 430 g/mol. The van der Waals surface area contributed by atoms with Gasteiger partial charge >= 0.3 is 5.69 Å². The molecule has 2 N–H and O–H groups in total. The summed E-state index contributed by atoms with van der Waals surface area (Å²) in [6.07, 6.45) is 0. The Kier molecular flexibility index (Phi) is 6.39. The molecule has 0 aliphatic heterocycles. The van der Waals surface area contributed by atoms with Crippen LogP contribution >= 0.6 is 23.1 Å². The van der Waals surface area contributed by atoms with Crippen LogP contribution in [0.25, 0.3) is 11.3 Å². The van der Waals surface area contributed by atoms with E-state index in [2.05, 4.69) is 4.98 Å². The molecule has 0 atom stereocenters. The molecule has 0 amide bonds. The van der Waals surface area contributed by atoms with E-state index in [-0.39, 0.29) is 23.1 Å². The summed E-state index contributed by atoms with van der Waals surface area (Å²) in [5.41, 5.74) is 6.58. The van der Waals surface area contributed by atoms with E-state index >= 15 is 0 Å². The summed E-state index contributed by atoms with van der Waals surface area (Å²) < 4.78 is 2.96. The average Bonchev–Trinajstić information content (AvgIpc) is 3.18. The van der Waals surface area contributed by atoms with Gasteiger partial charge in [0.05, 0.1) is 11.4 Å². The molecule has 2 heterocycles. The predicted octanol–water partition coefficient (Wildman–Crippen LogP) is 2.88. The Balaban J connectivity index is 1.83. The van der Waals surface area contributed by atoms with Gasteiger partial charge in [-0.25, -0.2) is 9.78 Å². The molecule has 3 rings (SSSR count). The molecule has 3 aromatic rings. The van der Waals surface area contributed by atoms with E-state index in [0.29, 0.717) is 6.54 Å². The number of thiazole rings is 1. The van der Waals surface area contributed by atoms with Crippen molar-refractivity contribution in [1.82, 2.24) is 14.1 Å². The fourth-order valence-corrected chi connectivity index (χ4v) is 4.56. The zero-order valence-corrected chi connectivity index (χ0v) is 18.0. The van der Waals surface area contributed by atoms with E-state index in [9.17, 15) is 14.4 Å². The molecule has 29 heavy (non-hydrogen) atoms. The first-order chi connectivity index (χ1) is 13.8. The number of aromatic nitrogens is 3. The van der Waals surface area contributed by atoms with Crippen LogP contribution in [0.2, 0.25) is 0 Å². The number of nitrogens with zero attached hydrogens (tertiary/aromatic N) is 3. The van der Waals surface area contributed by atoms with Crippen molar-refractivity contribution in [3.8, 4) is 11.3 Å². The molecule has 152 valence electrons. The lowest BCUT2D eigenvalue weighted by molar-refractivity contribution is 0.102. The van der Waals surface area contributed by atoms with E-state index in [0.717, 1.165) is 20.2 Å². The smallest absolute Gasteiger partial charge is 0.332 e. The van der Waals surface area contributed by atoms with Crippen molar-refractivity contribution < 1.29 is 4.79 Å². The maximum absolute atomic E-state index is 12.8. The maximum Gasteiger partial charge on any atom is 0.332 e. The molecule has 0 saturated heterocycles. The zero-order chi connectivity index (χ0) is 21.1. The Morgan fingerprint density at radius 2 is 1.93 bits per heavy atom. The second-order valence-corrected chi connectivity index (χ2v) is 9.07. The minimum atomic E-state index is -0.665. The quantitative estimate of drug-likeness (QED) is 0.457. The van der Waals surface area contributed by atoms with Crippen LogP contribution in [0.4, 0.5) is 5.82 Å². The number of nitrogens with two attached hydrogens (primary N) is 1. The number of carbonyl (C=O) groups is 1. The molecule has 0 aliphatic rings. The Bertz CT molecular complexity index is 1150. The van der Waals surface area contributed by atoms with E-state index in [4.69, 9.17) is 5.73 Å². The first-order valence-corrected chi connectivity index (χ1v) is 10.9. The van der Waals surface area contributed by atoms with Gasteiger partial charge in [-0.1, -0.05) is 55.9 Å². The fraction of sp³-hybridized carbons (Fsp3) is 0.300. The van der Waals surface area contributed by atoms with Crippen LogP contribution in [0.3, 0.4) is 0 Å². The number of nitrogen functional groups attached to an aromatic ring is 1. The van der Waals surface area contributed by atoms with E-state index in [1.807, 2.05) is 49.6 Å². The average molecular weight is 431 g/mol. The van der Waals surface area contributed by atoms with Crippen molar-refractivity contribution in [2.75, 3.05) is 11.5 Å². The van der Waals surface area contributed by atoms with Crippen LogP contribution in [-0.2, 0) is 13.6 Å². The summed E-state index contributed by atoms with van der Waals surface area (Å²) in [6.45, 7) is 4.20. The largest absolute Gasteiger partial charge is 0.384 e. The number of benzene rings is 1. The highest BCUT2D eigenvalue weighted by molar-refractivity contribution is 8.01. The molecule has 0 saturated carbocycles. The van der Waals surface area contributed by atoms with Crippen LogP contribution in [0.15, 0.2) is 49.6 Å². The van der Waals surface area contributed by atoms with Gasteiger partial charge in [0.15, 0.2) is 10.1 Å². The van der Waals surface area contributed by atoms with Gasteiger partial charge < -0.3 is 5.73 Å². The first kappa shape index (κ1) is 21.1. The van der Waals surface area contributed by atoms with Crippen LogP contribution in [-0.4, -0.2) is 25.7 Å². The fourth-order valence-electron chi connectivity index (χ4n) is 2.85. The Labute approximate surface area is 176 Å². The predicted molar refractivity (Wildman–Crippen MR) is 118 cm³/mol. The van der Waals surface area contributed by atoms with Gasteiger partial charge in [-0.2, -0.15) is 0 Å². The summed E-state index contributed by atoms with van der Waals surface area (Å²) in [7, 11) is 1.36. The maximum atomic E-state index is 12.8. The van der Waals surface area contributed by atoms with Crippen molar-refractivity contribution in [2.45, 2.75) is 24.7 Å². The Hall–Kier alpha value is -2.65. The number of carbonyl (C=O) groups excluding carboxylic acids is 1. The molecular weight excluding hydrogens is 408 g/mol. The minimum Gasteiger partial charge on any atom is -0.384 e. The third-order valence-corrected chi connectivity index (χ3v) is 6.31. The normalized spacial score (nSPS) is 11.2. The molecule has 0 aliphatic carbocycles. The van der Waals surface area contributed by atoms with Gasteiger partial charge in [0.2, 0.25) is 0 Å². The van der Waals surface area contributed by atoms with E-state index < -0.39 is 17.0 Å². The van der Waals surface area contributed by atoms with Gasteiger partial charge in [-0.3, -0.25) is 18.7 Å². The number of thioether (sulfide) groups is 1. The molecule has 0 unspecified atom stereocenters. The highest BCUT2D eigenvalue weighted by atomic mass is 32.2. The highest BCUT2D eigenvalue weighted by Gasteiger charge is 2.22. The Morgan fingerprint density at radius 3 is 2.59 bits per heavy atom. The standard InChI is InChI=1S/C20H22N4O3S2/c1-12(2)9-24-17(21)16(18(26)23(3)20(24)27)15(25)11-29-19-22-14(10-28-19)13-7-5-4-6-8-13/h4-8,10,12H,9,11,21H2,1-3H3. The molecule has 2 aromatic heterocycles. The van der Waals surface area contributed by atoms with Crippen LogP contribution in [0.5, 0.6) is 0 Å². The van der Waals surface area contributed by atoms with Crippen molar-refractivity contribution in [1.29, 1.82) is 0 Å². The number of Topliss-reactive ketones (excluding diaryl/α,β-unsaturated/α-hetero) is 1. The number of hydrogen-bond acceptors (Lipinski definition) is 7. The highest BCUT2D eigenvalue weighted by Crippen LogP contribution is 2.28. The third kappa shape index (κ3) is 4.51. The van der Waals surface area contributed by atoms with Crippen molar-refractivity contribution >= 4 is 34.7 Å².